The number of halogens is 1. The number of nitrogens with zero attached hydrogens (tertiary/aromatic N) is 1. The SMILES string of the molecule is CNC(=O)C1c2cc3c(cc2OC1c1ccc(F)cc1)N(S(C)(=O)=O)C[C@@H](CCO)O[C@H]3C. The maximum absolute atomic E-state index is 13.5. The minimum Gasteiger partial charge on any atom is -0.484 e. The second kappa shape index (κ2) is 8.92. The van der Waals surface area contributed by atoms with Crippen LogP contribution in [0.2, 0.25) is 0 Å². The van der Waals surface area contributed by atoms with Crippen molar-refractivity contribution in [1.82, 2.24) is 5.32 Å². The first-order valence-electron chi connectivity index (χ1n) is 10.7. The Hall–Kier alpha value is -2.69. The number of ether oxygens (including phenoxy) is 2. The molecule has 4 rings (SSSR count). The molecule has 0 fully saturated rings. The molecule has 2 N–H and O–H groups in total. The summed E-state index contributed by atoms with van der Waals surface area (Å²) in [5.74, 6) is -0.998. The van der Waals surface area contributed by atoms with Crippen LogP contribution in [0.1, 0.15) is 48.2 Å². The molecule has 0 aromatic heterocycles. The molecule has 1 amide bonds. The highest BCUT2D eigenvalue weighted by molar-refractivity contribution is 7.92. The number of benzene rings is 2. The minimum absolute atomic E-state index is 0.0514. The molecule has 2 aliphatic rings. The number of hydrogen-bond acceptors (Lipinski definition) is 6. The van der Waals surface area contributed by atoms with E-state index in [1.165, 1.54) is 23.5 Å². The van der Waals surface area contributed by atoms with Crippen LogP contribution >= 0.6 is 0 Å². The molecule has 2 aromatic rings. The van der Waals surface area contributed by atoms with Crippen LogP contribution in [0.3, 0.4) is 0 Å². The van der Waals surface area contributed by atoms with Gasteiger partial charge in [0.25, 0.3) is 0 Å². The van der Waals surface area contributed by atoms with Crippen LogP contribution in [0.15, 0.2) is 36.4 Å². The number of fused-ring (bicyclic) bond motifs is 2. The quantitative estimate of drug-likeness (QED) is 0.684. The molecule has 10 heteroatoms. The molecule has 33 heavy (non-hydrogen) atoms. The predicted octanol–water partition coefficient (Wildman–Crippen LogP) is 2.40. The molecular formula is C23H27FN2O6S. The van der Waals surface area contributed by atoms with Crippen LogP contribution in [-0.4, -0.2) is 52.0 Å². The molecule has 2 aliphatic heterocycles. The Morgan fingerprint density at radius 3 is 2.55 bits per heavy atom. The third kappa shape index (κ3) is 4.42. The van der Waals surface area contributed by atoms with Gasteiger partial charge in [0.05, 0.1) is 30.7 Å². The standard InChI is InChI=1S/C23H27FN2O6S/c1-13-17-10-18-20(11-19(17)26(33(3,29)30)12-16(31-13)8-9-27)32-22(21(18)23(28)25-2)14-4-6-15(24)7-5-14/h4-7,10-11,13,16,21-22,27H,8-9,12H2,1-3H3,(H,25,28)/t13-,16+,21?,22?/m0/s1. The number of hydrogen-bond donors (Lipinski definition) is 2. The van der Waals surface area contributed by atoms with Gasteiger partial charge < -0.3 is 19.9 Å². The van der Waals surface area contributed by atoms with Gasteiger partial charge >= 0.3 is 0 Å². The summed E-state index contributed by atoms with van der Waals surface area (Å²) in [6.07, 6.45) is -0.274. The number of sulfonamides is 1. The van der Waals surface area contributed by atoms with E-state index in [0.717, 1.165) is 6.26 Å². The molecular weight excluding hydrogens is 451 g/mol. The highest BCUT2D eigenvalue weighted by atomic mass is 32.2. The van der Waals surface area contributed by atoms with Crippen molar-refractivity contribution in [3.05, 3.63) is 58.9 Å². The number of rotatable bonds is 5. The van der Waals surface area contributed by atoms with E-state index < -0.39 is 40.1 Å². The number of likely N-dealkylation sites (N-methyl/N-ethyl adjacent to an activating group) is 1. The van der Waals surface area contributed by atoms with E-state index in [1.807, 2.05) is 6.92 Å². The minimum atomic E-state index is -3.66. The molecule has 178 valence electrons. The fraction of sp³-hybridized carbons (Fsp3) is 0.435. The van der Waals surface area contributed by atoms with Crippen LogP contribution in [0.4, 0.5) is 10.1 Å². The fourth-order valence-corrected chi connectivity index (χ4v) is 5.46. The van der Waals surface area contributed by atoms with Crippen LogP contribution in [0.25, 0.3) is 0 Å². The van der Waals surface area contributed by atoms with Gasteiger partial charge in [0.15, 0.2) is 0 Å². The number of aliphatic hydroxyl groups is 1. The van der Waals surface area contributed by atoms with Crippen LogP contribution in [0.5, 0.6) is 5.75 Å². The summed E-state index contributed by atoms with van der Waals surface area (Å²) in [5, 5.41) is 12.0. The largest absolute Gasteiger partial charge is 0.484 e. The molecule has 2 unspecified atom stereocenters. The van der Waals surface area contributed by atoms with E-state index in [4.69, 9.17) is 9.47 Å². The van der Waals surface area contributed by atoms with Gasteiger partial charge in [0, 0.05) is 30.8 Å². The van der Waals surface area contributed by atoms with Crippen molar-refractivity contribution < 1.29 is 32.2 Å². The number of anilines is 1. The highest BCUT2D eigenvalue weighted by Crippen LogP contribution is 2.50. The summed E-state index contributed by atoms with van der Waals surface area (Å²) in [6, 6.07) is 9.15. The van der Waals surface area contributed by atoms with Gasteiger partial charge in [0.1, 0.15) is 23.6 Å². The molecule has 8 nitrogen and oxygen atoms in total. The molecule has 0 aliphatic carbocycles. The second-order valence-corrected chi connectivity index (χ2v) is 10.2. The summed E-state index contributed by atoms with van der Waals surface area (Å²) in [7, 11) is -2.13. The Bertz CT molecular complexity index is 1150. The van der Waals surface area contributed by atoms with Gasteiger partial charge in [-0.3, -0.25) is 9.10 Å². The molecule has 0 bridgehead atoms. The van der Waals surface area contributed by atoms with Crippen LogP contribution in [-0.2, 0) is 19.6 Å². The zero-order valence-electron chi connectivity index (χ0n) is 18.6. The van der Waals surface area contributed by atoms with Crippen molar-refractivity contribution in [2.24, 2.45) is 0 Å². The van der Waals surface area contributed by atoms with Crippen molar-refractivity contribution in [2.75, 3.05) is 30.8 Å². The zero-order valence-corrected chi connectivity index (χ0v) is 19.4. The van der Waals surface area contributed by atoms with Gasteiger partial charge in [0.2, 0.25) is 15.9 Å². The maximum Gasteiger partial charge on any atom is 0.232 e. The Morgan fingerprint density at radius 2 is 1.94 bits per heavy atom. The monoisotopic (exact) mass is 478 g/mol. The van der Waals surface area contributed by atoms with E-state index in [2.05, 4.69) is 5.32 Å². The van der Waals surface area contributed by atoms with Gasteiger partial charge in [-0.2, -0.15) is 0 Å². The van der Waals surface area contributed by atoms with E-state index in [1.54, 1.807) is 24.3 Å². The first-order chi connectivity index (χ1) is 15.6. The predicted molar refractivity (Wildman–Crippen MR) is 120 cm³/mol. The van der Waals surface area contributed by atoms with Crippen LogP contribution < -0.4 is 14.4 Å². The third-order valence-electron chi connectivity index (χ3n) is 6.10. The number of nitrogens with one attached hydrogen (secondary N) is 1. The Balaban J connectivity index is 1.84. The fourth-order valence-electron chi connectivity index (χ4n) is 4.51. The topological polar surface area (TPSA) is 105 Å². The Labute approximate surface area is 192 Å². The first kappa shape index (κ1) is 23.5. The van der Waals surface area contributed by atoms with E-state index in [-0.39, 0.29) is 25.5 Å². The molecule has 0 saturated carbocycles. The summed E-state index contributed by atoms with van der Waals surface area (Å²) < 4.78 is 52.3. The molecule has 0 spiro atoms. The van der Waals surface area contributed by atoms with Gasteiger partial charge in [-0.25, -0.2) is 12.8 Å². The molecule has 0 radical (unpaired) electrons. The summed E-state index contributed by atoms with van der Waals surface area (Å²) in [5.41, 5.74) is 2.26. The lowest BCUT2D eigenvalue weighted by molar-refractivity contribution is -0.123. The smallest absolute Gasteiger partial charge is 0.232 e. The normalized spacial score (nSPS) is 24.5. The lowest BCUT2D eigenvalue weighted by Crippen LogP contribution is -2.37. The molecule has 2 aromatic carbocycles. The van der Waals surface area contributed by atoms with Crippen molar-refractivity contribution in [3.8, 4) is 5.75 Å². The average Bonchev–Trinajstić information content (AvgIpc) is 3.07. The molecule has 4 atom stereocenters. The Kier molecular flexibility index (Phi) is 6.35. The number of carbonyl (C=O) groups excluding carboxylic acids is 1. The summed E-state index contributed by atoms with van der Waals surface area (Å²) >= 11 is 0. The summed E-state index contributed by atoms with van der Waals surface area (Å²) in [4.78, 5) is 12.9. The van der Waals surface area contributed by atoms with E-state index >= 15 is 0 Å². The zero-order chi connectivity index (χ0) is 23.9. The van der Waals surface area contributed by atoms with Gasteiger partial charge in [-0.05, 0) is 37.1 Å². The van der Waals surface area contributed by atoms with Gasteiger partial charge in [-0.1, -0.05) is 12.1 Å². The third-order valence-corrected chi connectivity index (χ3v) is 7.25. The maximum atomic E-state index is 13.5. The summed E-state index contributed by atoms with van der Waals surface area (Å²) in [6.45, 7) is 1.72. The molecule has 0 saturated heterocycles. The van der Waals surface area contributed by atoms with Crippen molar-refractivity contribution in [1.29, 1.82) is 0 Å². The number of amides is 1. The van der Waals surface area contributed by atoms with Gasteiger partial charge in [-0.15, -0.1) is 0 Å². The average molecular weight is 479 g/mol. The number of aliphatic hydroxyl groups excluding tert-OH is 1. The lowest BCUT2D eigenvalue weighted by Gasteiger charge is -2.25. The number of carbonyl (C=O) groups is 1. The van der Waals surface area contributed by atoms with Crippen molar-refractivity contribution in [2.45, 2.75) is 37.6 Å². The second-order valence-electron chi connectivity index (χ2n) is 8.34. The van der Waals surface area contributed by atoms with E-state index in [0.29, 0.717) is 28.1 Å². The molecule has 2 heterocycles. The first-order valence-corrected chi connectivity index (χ1v) is 12.5. The highest BCUT2D eigenvalue weighted by Gasteiger charge is 2.42. The van der Waals surface area contributed by atoms with Crippen molar-refractivity contribution >= 4 is 21.6 Å². The van der Waals surface area contributed by atoms with Crippen molar-refractivity contribution in [3.63, 3.8) is 0 Å². The van der Waals surface area contributed by atoms with Crippen LogP contribution in [0, 0.1) is 5.82 Å². The Morgan fingerprint density at radius 1 is 1.24 bits per heavy atom. The lowest BCUT2D eigenvalue weighted by atomic mass is 9.88. The van der Waals surface area contributed by atoms with E-state index in [9.17, 15) is 22.7 Å².